The molecule has 0 aliphatic heterocycles. The summed E-state index contributed by atoms with van der Waals surface area (Å²) in [7, 11) is 0. The molecule has 16 heavy (non-hydrogen) atoms. The largest absolute Gasteiger partial charge is 0.324 e. The van der Waals surface area contributed by atoms with E-state index >= 15 is 0 Å². The molecule has 1 amide bonds. The van der Waals surface area contributed by atoms with Gasteiger partial charge < -0.3 is 5.32 Å². The zero-order valence-electron chi connectivity index (χ0n) is 9.53. The summed E-state index contributed by atoms with van der Waals surface area (Å²) in [6.07, 6.45) is 2.99. The quantitative estimate of drug-likeness (QED) is 0.841. The van der Waals surface area contributed by atoms with Crippen LogP contribution in [0.4, 0.5) is 5.69 Å². The Morgan fingerprint density at radius 3 is 2.88 bits per heavy atom. The molecule has 1 N–H and O–H groups in total. The van der Waals surface area contributed by atoms with Crippen molar-refractivity contribution in [3.63, 3.8) is 0 Å². The van der Waals surface area contributed by atoms with Crippen molar-refractivity contribution >= 4 is 11.6 Å². The molecule has 0 fully saturated rings. The summed E-state index contributed by atoms with van der Waals surface area (Å²) < 4.78 is 0. The Bertz CT molecular complexity index is 392. The first-order chi connectivity index (χ1) is 7.67. The van der Waals surface area contributed by atoms with Crippen molar-refractivity contribution < 1.29 is 4.79 Å². The average molecular weight is 217 g/mol. The number of nitrogens with one attached hydrogen (secondary N) is 1. The molecule has 1 rings (SSSR count). The molecule has 0 spiro atoms. The summed E-state index contributed by atoms with van der Waals surface area (Å²) in [6, 6.07) is 5.60. The molecule has 0 bridgehead atoms. The van der Waals surface area contributed by atoms with E-state index in [0.717, 1.165) is 12.1 Å². The number of nitrogens with zero attached hydrogens (tertiary/aromatic N) is 2. The fourth-order valence-corrected chi connectivity index (χ4v) is 1.31. The molecule has 0 aliphatic carbocycles. The topological polar surface area (TPSA) is 65.8 Å². The SMILES string of the molecule is CCCC(C#N)C(=O)Nc1ccc(C)nc1. The van der Waals surface area contributed by atoms with Gasteiger partial charge in [0.25, 0.3) is 0 Å². The van der Waals surface area contributed by atoms with Crippen molar-refractivity contribution in [1.82, 2.24) is 4.98 Å². The predicted octanol–water partition coefficient (Wildman–Crippen LogP) is 2.27. The number of pyridine rings is 1. The zero-order chi connectivity index (χ0) is 12.0. The second-order valence-electron chi connectivity index (χ2n) is 3.65. The third kappa shape index (κ3) is 3.35. The van der Waals surface area contributed by atoms with Crippen LogP contribution >= 0.6 is 0 Å². The number of aromatic nitrogens is 1. The Kier molecular flexibility index (Phi) is 4.46. The molecule has 1 unspecified atom stereocenters. The number of rotatable bonds is 4. The number of nitriles is 1. The molecule has 4 nitrogen and oxygen atoms in total. The minimum absolute atomic E-state index is 0.255. The highest BCUT2D eigenvalue weighted by atomic mass is 16.1. The lowest BCUT2D eigenvalue weighted by Gasteiger charge is -2.08. The Balaban J connectivity index is 2.63. The monoisotopic (exact) mass is 217 g/mol. The number of anilines is 1. The van der Waals surface area contributed by atoms with Crippen molar-refractivity contribution in [3.8, 4) is 6.07 Å². The highest BCUT2D eigenvalue weighted by molar-refractivity contribution is 5.93. The molecule has 0 saturated heterocycles. The van der Waals surface area contributed by atoms with E-state index in [-0.39, 0.29) is 5.91 Å². The third-order valence-corrected chi connectivity index (χ3v) is 2.23. The van der Waals surface area contributed by atoms with Crippen LogP contribution in [-0.2, 0) is 4.79 Å². The lowest BCUT2D eigenvalue weighted by molar-refractivity contribution is -0.118. The van der Waals surface area contributed by atoms with Crippen molar-refractivity contribution in [2.45, 2.75) is 26.7 Å². The van der Waals surface area contributed by atoms with E-state index in [1.807, 2.05) is 26.0 Å². The molecule has 0 radical (unpaired) electrons. The molecule has 0 aromatic carbocycles. The first-order valence-electron chi connectivity index (χ1n) is 5.30. The van der Waals surface area contributed by atoms with Gasteiger partial charge in [-0.2, -0.15) is 5.26 Å². The summed E-state index contributed by atoms with van der Waals surface area (Å²) in [5.41, 5.74) is 1.52. The molecule has 1 heterocycles. The summed E-state index contributed by atoms with van der Waals surface area (Å²) in [6.45, 7) is 3.83. The van der Waals surface area contributed by atoms with E-state index in [0.29, 0.717) is 12.1 Å². The van der Waals surface area contributed by atoms with Crippen molar-refractivity contribution in [2.75, 3.05) is 5.32 Å². The molecule has 1 aromatic rings. The van der Waals surface area contributed by atoms with Gasteiger partial charge in [-0.3, -0.25) is 9.78 Å². The number of hydrogen-bond acceptors (Lipinski definition) is 3. The van der Waals surface area contributed by atoms with Gasteiger partial charge in [0, 0.05) is 5.69 Å². The van der Waals surface area contributed by atoms with Crippen LogP contribution in [0.5, 0.6) is 0 Å². The van der Waals surface area contributed by atoms with E-state index in [4.69, 9.17) is 5.26 Å². The average Bonchev–Trinajstić information content (AvgIpc) is 2.29. The van der Waals surface area contributed by atoms with Gasteiger partial charge in [-0.1, -0.05) is 13.3 Å². The van der Waals surface area contributed by atoms with Crippen LogP contribution in [0, 0.1) is 24.2 Å². The van der Waals surface area contributed by atoms with Crippen LogP contribution in [0.3, 0.4) is 0 Å². The van der Waals surface area contributed by atoms with Gasteiger partial charge in [0.2, 0.25) is 5.91 Å². The second-order valence-corrected chi connectivity index (χ2v) is 3.65. The number of aryl methyl sites for hydroxylation is 1. The molecule has 0 saturated carbocycles. The Labute approximate surface area is 95.3 Å². The fraction of sp³-hybridized carbons (Fsp3) is 0.417. The molecule has 4 heteroatoms. The van der Waals surface area contributed by atoms with Gasteiger partial charge in [-0.15, -0.1) is 0 Å². The maximum atomic E-state index is 11.7. The number of amides is 1. The van der Waals surface area contributed by atoms with E-state index in [1.165, 1.54) is 0 Å². The lowest BCUT2D eigenvalue weighted by atomic mass is 10.0. The fourth-order valence-electron chi connectivity index (χ4n) is 1.31. The number of hydrogen-bond donors (Lipinski definition) is 1. The normalized spacial score (nSPS) is 11.6. The first-order valence-corrected chi connectivity index (χ1v) is 5.30. The van der Waals surface area contributed by atoms with Crippen LogP contribution in [0.25, 0.3) is 0 Å². The molecule has 1 aromatic heterocycles. The molecule has 1 atom stereocenters. The van der Waals surface area contributed by atoms with Gasteiger partial charge in [0.05, 0.1) is 18.0 Å². The molecule has 0 aliphatic rings. The molecule has 84 valence electrons. The zero-order valence-corrected chi connectivity index (χ0v) is 9.53. The van der Waals surface area contributed by atoms with Crippen molar-refractivity contribution in [3.05, 3.63) is 24.0 Å². The third-order valence-electron chi connectivity index (χ3n) is 2.23. The maximum absolute atomic E-state index is 11.7. The minimum atomic E-state index is -0.577. The Morgan fingerprint density at radius 2 is 2.38 bits per heavy atom. The molecular weight excluding hydrogens is 202 g/mol. The van der Waals surface area contributed by atoms with Gasteiger partial charge >= 0.3 is 0 Å². The van der Waals surface area contributed by atoms with Crippen LogP contribution in [0.2, 0.25) is 0 Å². The predicted molar refractivity (Wildman–Crippen MR) is 61.6 cm³/mol. The second kappa shape index (κ2) is 5.86. The van der Waals surface area contributed by atoms with Crippen molar-refractivity contribution in [2.24, 2.45) is 5.92 Å². The summed E-state index contributed by atoms with van der Waals surface area (Å²) in [5.74, 6) is -0.832. The number of carbonyl (C=O) groups excluding carboxylic acids is 1. The van der Waals surface area contributed by atoms with E-state index in [1.54, 1.807) is 12.3 Å². The van der Waals surface area contributed by atoms with E-state index in [2.05, 4.69) is 10.3 Å². The smallest absolute Gasteiger partial charge is 0.241 e. The highest BCUT2D eigenvalue weighted by Gasteiger charge is 2.16. The summed E-state index contributed by atoms with van der Waals surface area (Å²) in [5, 5.41) is 11.5. The van der Waals surface area contributed by atoms with E-state index in [9.17, 15) is 4.79 Å². The summed E-state index contributed by atoms with van der Waals surface area (Å²) >= 11 is 0. The highest BCUT2D eigenvalue weighted by Crippen LogP contribution is 2.11. The Morgan fingerprint density at radius 1 is 1.62 bits per heavy atom. The molecular formula is C12H15N3O. The first kappa shape index (κ1) is 12.2. The maximum Gasteiger partial charge on any atom is 0.241 e. The van der Waals surface area contributed by atoms with Gasteiger partial charge in [-0.25, -0.2) is 0 Å². The van der Waals surface area contributed by atoms with Gasteiger partial charge in [0.15, 0.2) is 0 Å². The van der Waals surface area contributed by atoms with Crippen LogP contribution in [0.15, 0.2) is 18.3 Å². The standard InChI is InChI=1S/C12H15N3O/c1-3-4-10(7-13)12(16)15-11-6-5-9(2)14-8-11/h5-6,8,10H,3-4H2,1-2H3,(H,15,16). The summed E-state index contributed by atoms with van der Waals surface area (Å²) in [4.78, 5) is 15.7. The Hall–Kier alpha value is -1.89. The van der Waals surface area contributed by atoms with Crippen LogP contribution in [-0.4, -0.2) is 10.9 Å². The van der Waals surface area contributed by atoms with Gasteiger partial charge in [0.1, 0.15) is 5.92 Å². The van der Waals surface area contributed by atoms with Crippen LogP contribution in [0.1, 0.15) is 25.5 Å². The van der Waals surface area contributed by atoms with Gasteiger partial charge in [-0.05, 0) is 25.5 Å². The van der Waals surface area contributed by atoms with Crippen LogP contribution < -0.4 is 5.32 Å². The lowest BCUT2D eigenvalue weighted by Crippen LogP contribution is -2.21. The minimum Gasteiger partial charge on any atom is -0.324 e. The number of carbonyl (C=O) groups is 1. The van der Waals surface area contributed by atoms with Crippen molar-refractivity contribution in [1.29, 1.82) is 5.26 Å². The van der Waals surface area contributed by atoms with E-state index < -0.39 is 5.92 Å².